The Kier molecular flexibility index (Phi) is 5.32. The maximum Gasteiger partial charge on any atom is 0.420 e. The van der Waals surface area contributed by atoms with Crippen molar-refractivity contribution in [3.8, 4) is 5.75 Å². The Morgan fingerprint density at radius 1 is 1.18 bits per heavy atom. The fourth-order valence-electron chi connectivity index (χ4n) is 4.87. The first-order valence-electron chi connectivity index (χ1n) is 10.6. The number of ether oxygens (including phenoxy) is 1. The van der Waals surface area contributed by atoms with Crippen molar-refractivity contribution in [1.29, 1.82) is 0 Å². The molecule has 0 radical (unpaired) electrons. The molecule has 5 rings (SSSR count). The van der Waals surface area contributed by atoms with Crippen molar-refractivity contribution in [3.63, 3.8) is 0 Å². The number of anilines is 1. The number of fused-ring (bicyclic) bond motifs is 1. The summed E-state index contributed by atoms with van der Waals surface area (Å²) in [4.78, 5) is 14.7. The highest BCUT2D eigenvalue weighted by Crippen LogP contribution is 2.50. The number of hydrogen-bond donors (Lipinski definition) is 0. The van der Waals surface area contributed by atoms with Crippen molar-refractivity contribution >= 4 is 17.0 Å². The Labute approximate surface area is 185 Å². The fourth-order valence-corrected chi connectivity index (χ4v) is 4.87. The molecule has 3 aromatic rings. The van der Waals surface area contributed by atoms with E-state index in [0.29, 0.717) is 36.4 Å². The maximum absolute atomic E-state index is 13.2. The highest BCUT2D eigenvalue weighted by Gasteiger charge is 2.49. The Balaban J connectivity index is 1.28. The normalized spacial score (nSPS) is 23.3. The van der Waals surface area contributed by atoms with Crippen molar-refractivity contribution in [3.05, 3.63) is 36.4 Å². The summed E-state index contributed by atoms with van der Waals surface area (Å²) in [5.41, 5.74) is -0.171. The van der Waals surface area contributed by atoms with Crippen LogP contribution in [0.15, 0.2) is 30.9 Å². The summed E-state index contributed by atoms with van der Waals surface area (Å²) in [6.45, 7) is 0.825. The van der Waals surface area contributed by atoms with Gasteiger partial charge in [0.2, 0.25) is 0 Å². The van der Waals surface area contributed by atoms with Crippen LogP contribution in [0.2, 0.25) is 0 Å². The van der Waals surface area contributed by atoms with Crippen LogP contribution < -0.4 is 9.64 Å². The van der Waals surface area contributed by atoms with E-state index in [1.54, 1.807) is 6.20 Å². The molecule has 0 N–H and O–H groups in total. The zero-order valence-corrected chi connectivity index (χ0v) is 17.5. The summed E-state index contributed by atoms with van der Waals surface area (Å²) in [6.07, 6.45) is 0.888. The standard InChI is InChI=1S/C21H21F5N6O/c22-17(23)11-32-19-15(8-29-32)28-10-18(30-19)31-5-1-3-20(12-31)6-13(7-20)33-16-9-27-4-2-14(16)21(24,25)26/h2,4,8-10,13,17H,1,3,5-7,11-12H2. The van der Waals surface area contributed by atoms with Crippen LogP contribution in [0.25, 0.3) is 11.2 Å². The van der Waals surface area contributed by atoms with Gasteiger partial charge < -0.3 is 9.64 Å². The van der Waals surface area contributed by atoms with Crippen LogP contribution in [0.1, 0.15) is 31.2 Å². The zero-order valence-electron chi connectivity index (χ0n) is 17.5. The smallest absolute Gasteiger partial charge is 0.420 e. The Hall–Kier alpha value is -3.05. The van der Waals surface area contributed by atoms with Gasteiger partial charge in [0.25, 0.3) is 6.43 Å². The summed E-state index contributed by atoms with van der Waals surface area (Å²) in [5, 5.41) is 3.94. The summed E-state index contributed by atoms with van der Waals surface area (Å²) < 4.78 is 72.1. The third-order valence-electron chi connectivity index (χ3n) is 6.33. The Bertz CT molecular complexity index is 1140. The quantitative estimate of drug-likeness (QED) is 0.519. The van der Waals surface area contributed by atoms with Gasteiger partial charge in [0.15, 0.2) is 5.65 Å². The van der Waals surface area contributed by atoms with Crippen LogP contribution >= 0.6 is 0 Å². The second-order valence-electron chi connectivity index (χ2n) is 8.70. The zero-order chi connectivity index (χ0) is 23.2. The molecule has 1 aliphatic heterocycles. The minimum Gasteiger partial charge on any atom is -0.488 e. The van der Waals surface area contributed by atoms with Gasteiger partial charge >= 0.3 is 6.18 Å². The molecule has 0 amide bonds. The molecule has 1 saturated carbocycles. The van der Waals surface area contributed by atoms with Crippen molar-refractivity contribution in [2.75, 3.05) is 18.0 Å². The van der Waals surface area contributed by atoms with E-state index in [9.17, 15) is 22.0 Å². The molecule has 4 heterocycles. The van der Waals surface area contributed by atoms with Crippen molar-refractivity contribution < 1.29 is 26.7 Å². The number of piperidine rings is 1. The highest BCUT2D eigenvalue weighted by molar-refractivity contribution is 5.71. The van der Waals surface area contributed by atoms with Gasteiger partial charge in [-0.25, -0.2) is 23.4 Å². The number of rotatable bonds is 5. The highest BCUT2D eigenvalue weighted by atomic mass is 19.4. The average molecular weight is 468 g/mol. The monoisotopic (exact) mass is 468 g/mol. The van der Waals surface area contributed by atoms with E-state index in [-0.39, 0.29) is 17.3 Å². The predicted molar refractivity (Wildman–Crippen MR) is 108 cm³/mol. The first kappa shape index (κ1) is 21.8. The molecular weight excluding hydrogens is 447 g/mol. The van der Waals surface area contributed by atoms with E-state index in [0.717, 1.165) is 42.5 Å². The topological polar surface area (TPSA) is 69.0 Å². The molecule has 12 heteroatoms. The second-order valence-corrected chi connectivity index (χ2v) is 8.70. The minimum atomic E-state index is -4.50. The summed E-state index contributed by atoms with van der Waals surface area (Å²) in [7, 11) is 0. The molecule has 1 spiro atoms. The van der Waals surface area contributed by atoms with Gasteiger partial charge in [-0.1, -0.05) is 0 Å². The molecule has 3 aromatic heterocycles. The van der Waals surface area contributed by atoms with Crippen LogP contribution in [0, 0.1) is 5.41 Å². The molecule has 176 valence electrons. The number of halogens is 5. The van der Waals surface area contributed by atoms with E-state index in [1.165, 1.54) is 6.20 Å². The molecule has 1 saturated heterocycles. The van der Waals surface area contributed by atoms with Gasteiger partial charge in [-0.05, 0) is 37.2 Å². The van der Waals surface area contributed by atoms with Gasteiger partial charge in [0.1, 0.15) is 35.3 Å². The SMILES string of the molecule is FC(F)Cn1ncc2ncc(N3CCCC4(CC(Oc5cnccc5C(F)(F)F)C4)C3)nc21. The molecule has 7 nitrogen and oxygen atoms in total. The lowest BCUT2D eigenvalue weighted by atomic mass is 9.62. The lowest BCUT2D eigenvalue weighted by Gasteiger charge is -2.52. The Morgan fingerprint density at radius 2 is 2.00 bits per heavy atom. The van der Waals surface area contributed by atoms with Crippen LogP contribution in [-0.4, -0.2) is 50.4 Å². The lowest BCUT2D eigenvalue weighted by molar-refractivity contribution is -0.140. The number of alkyl halides is 5. The molecule has 1 aliphatic carbocycles. The lowest BCUT2D eigenvalue weighted by Crippen LogP contribution is -2.54. The van der Waals surface area contributed by atoms with Gasteiger partial charge in [0, 0.05) is 19.3 Å². The van der Waals surface area contributed by atoms with Crippen molar-refractivity contribution in [2.45, 2.75) is 50.9 Å². The van der Waals surface area contributed by atoms with Crippen LogP contribution in [0.3, 0.4) is 0 Å². The van der Waals surface area contributed by atoms with E-state index in [1.807, 2.05) is 0 Å². The molecule has 0 unspecified atom stereocenters. The summed E-state index contributed by atoms with van der Waals surface area (Å²) in [5.74, 6) is 0.328. The molecule has 0 atom stereocenters. The van der Waals surface area contributed by atoms with Crippen LogP contribution in [0.4, 0.5) is 27.8 Å². The largest absolute Gasteiger partial charge is 0.488 e. The average Bonchev–Trinajstić information content (AvgIpc) is 3.14. The first-order chi connectivity index (χ1) is 15.7. The van der Waals surface area contributed by atoms with E-state index in [4.69, 9.17) is 4.74 Å². The van der Waals surface area contributed by atoms with Gasteiger partial charge in [-0.15, -0.1) is 0 Å². The predicted octanol–water partition coefficient (Wildman–Crippen LogP) is 4.33. The summed E-state index contributed by atoms with van der Waals surface area (Å²) in [6, 6.07) is 0.916. The molecule has 0 bridgehead atoms. The number of hydrogen-bond acceptors (Lipinski definition) is 6. The molecule has 2 aliphatic rings. The van der Waals surface area contributed by atoms with E-state index in [2.05, 4.69) is 25.0 Å². The van der Waals surface area contributed by atoms with E-state index >= 15 is 0 Å². The van der Waals surface area contributed by atoms with Crippen molar-refractivity contribution in [2.24, 2.45) is 5.41 Å². The van der Waals surface area contributed by atoms with Crippen molar-refractivity contribution in [1.82, 2.24) is 24.7 Å². The van der Waals surface area contributed by atoms with Crippen LogP contribution in [-0.2, 0) is 12.7 Å². The van der Waals surface area contributed by atoms with Gasteiger partial charge in [0.05, 0.1) is 18.6 Å². The molecule has 2 fully saturated rings. The summed E-state index contributed by atoms with van der Waals surface area (Å²) >= 11 is 0. The maximum atomic E-state index is 13.2. The third kappa shape index (κ3) is 4.30. The fraction of sp³-hybridized carbons (Fsp3) is 0.524. The molecule has 0 aromatic carbocycles. The number of aromatic nitrogens is 5. The first-order valence-corrected chi connectivity index (χ1v) is 10.6. The number of pyridine rings is 1. The van der Waals surface area contributed by atoms with Gasteiger partial charge in [-0.3, -0.25) is 4.98 Å². The Morgan fingerprint density at radius 3 is 2.76 bits per heavy atom. The molecular formula is C21H21F5N6O. The molecule has 33 heavy (non-hydrogen) atoms. The third-order valence-corrected chi connectivity index (χ3v) is 6.33. The minimum absolute atomic E-state index is 0.0939. The van der Waals surface area contributed by atoms with E-state index < -0.39 is 24.7 Å². The van der Waals surface area contributed by atoms with Crippen LogP contribution in [0.5, 0.6) is 5.75 Å². The number of nitrogens with zero attached hydrogens (tertiary/aromatic N) is 6. The second kappa shape index (κ2) is 8.07. The van der Waals surface area contributed by atoms with Gasteiger partial charge in [-0.2, -0.15) is 18.3 Å².